The summed E-state index contributed by atoms with van der Waals surface area (Å²) in [6, 6.07) is 11.0. The third-order valence-corrected chi connectivity index (χ3v) is 8.21. The number of rotatable bonds is 7. The molecule has 45 heavy (non-hydrogen) atoms. The number of nitrogens with one attached hydrogen (secondary N) is 1. The third-order valence-electron chi connectivity index (χ3n) is 8.21. The number of halogens is 2. The van der Waals surface area contributed by atoms with Gasteiger partial charge in [-0.05, 0) is 45.0 Å². The smallest absolute Gasteiger partial charge is 0.497 e. The largest absolute Gasteiger partial charge is 0.586 e. The Labute approximate surface area is 256 Å². The van der Waals surface area contributed by atoms with Crippen LogP contribution in [0.4, 0.5) is 8.78 Å². The van der Waals surface area contributed by atoms with Crippen molar-refractivity contribution in [2.45, 2.75) is 62.9 Å². The number of amides is 1. The minimum atomic E-state index is -3.79. The van der Waals surface area contributed by atoms with Gasteiger partial charge in [0, 0.05) is 35.7 Å². The Bertz CT molecular complexity index is 1640. The van der Waals surface area contributed by atoms with Gasteiger partial charge in [0.15, 0.2) is 17.3 Å². The summed E-state index contributed by atoms with van der Waals surface area (Å²) in [5.41, 5.74) is 0.487. The van der Waals surface area contributed by atoms with Gasteiger partial charge in [-0.3, -0.25) is 4.79 Å². The number of hydrogen-bond donors (Lipinski definition) is 1. The average molecular weight is 628 g/mol. The van der Waals surface area contributed by atoms with Crippen LogP contribution in [0.15, 0.2) is 42.5 Å². The first kappa shape index (κ1) is 29.3. The maximum absolute atomic E-state index is 13.9. The standard InChI is InChI=1S/C31H31F2N3O9/c1-29(2)41-14-17(43-29)13-39-27-8-7-20(35-36-27)24-11-21(18-6-5-16(38-4)9-22(18)42-24)34-28(37)30(3)15-40-23-12-26-25(10-19(23)30)44-31(32,33)45-26/h5-10,12,17,21,24H,11,13-15H2,1-4H3,(H,34,37)/t17-,21-,24-,30+/m1/s1. The second kappa shape index (κ2) is 10.6. The molecule has 4 aliphatic rings. The molecule has 4 aliphatic heterocycles. The first-order valence-electron chi connectivity index (χ1n) is 14.4. The Kier molecular flexibility index (Phi) is 6.89. The van der Waals surface area contributed by atoms with Crippen molar-refractivity contribution >= 4 is 5.91 Å². The molecule has 238 valence electrons. The summed E-state index contributed by atoms with van der Waals surface area (Å²) in [6.07, 6.45) is -4.25. The van der Waals surface area contributed by atoms with E-state index in [-0.39, 0.29) is 42.5 Å². The van der Waals surface area contributed by atoms with Crippen LogP contribution in [0.2, 0.25) is 0 Å². The highest BCUT2D eigenvalue weighted by molar-refractivity contribution is 5.90. The van der Waals surface area contributed by atoms with Crippen molar-refractivity contribution in [1.29, 1.82) is 0 Å². The normalized spacial score (nSPS) is 26.7. The molecule has 4 atom stereocenters. The van der Waals surface area contributed by atoms with Crippen molar-refractivity contribution in [3.8, 4) is 34.6 Å². The van der Waals surface area contributed by atoms with Gasteiger partial charge in [0.1, 0.15) is 53.8 Å². The van der Waals surface area contributed by atoms with E-state index in [0.29, 0.717) is 41.7 Å². The number of aromatic nitrogens is 2. The number of fused-ring (bicyclic) bond motifs is 3. The average Bonchev–Trinajstić information content (AvgIpc) is 3.64. The fraction of sp³-hybridized carbons (Fsp3) is 0.452. The molecule has 2 aromatic carbocycles. The lowest BCUT2D eigenvalue weighted by molar-refractivity contribution is -0.286. The maximum Gasteiger partial charge on any atom is 0.586 e. The van der Waals surface area contributed by atoms with E-state index >= 15 is 0 Å². The summed E-state index contributed by atoms with van der Waals surface area (Å²) in [6.45, 7) is 6.05. The second-order valence-corrected chi connectivity index (χ2v) is 11.9. The quantitative estimate of drug-likeness (QED) is 0.401. The molecule has 1 N–H and O–H groups in total. The number of carbonyl (C=O) groups excluding carboxylic acids is 1. The number of hydrogen-bond acceptors (Lipinski definition) is 11. The molecular formula is C31H31F2N3O9. The van der Waals surface area contributed by atoms with E-state index in [1.807, 2.05) is 19.9 Å². The molecule has 1 aromatic heterocycles. The van der Waals surface area contributed by atoms with Crippen LogP contribution in [0.5, 0.6) is 34.6 Å². The Morgan fingerprint density at radius 2 is 1.82 bits per heavy atom. The number of alkyl halides is 2. The van der Waals surface area contributed by atoms with Crippen LogP contribution in [0.3, 0.4) is 0 Å². The predicted octanol–water partition coefficient (Wildman–Crippen LogP) is 4.37. The fourth-order valence-electron chi connectivity index (χ4n) is 5.83. The van der Waals surface area contributed by atoms with Crippen molar-refractivity contribution in [2.75, 3.05) is 26.9 Å². The Hall–Kier alpha value is -4.43. The summed E-state index contributed by atoms with van der Waals surface area (Å²) in [5.74, 6) is 0.352. The highest BCUT2D eigenvalue weighted by Crippen LogP contribution is 2.50. The number of benzene rings is 2. The van der Waals surface area contributed by atoms with Crippen molar-refractivity contribution in [3.63, 3.8) is 0 Å². The lowest BCUT2D eigenvalue weighted by Crippen LogP contribution is -2.46. The highest BCUT2D eigenvalue weighted by atomic mass is 19.3. The van der Waals surface area contributed by atoms with E-state index in [1.165, 1.54) is 12.1 Å². The fourth-order valence-corrected chi connectivity index (χ4v) is 5.83. The molecule has 12 nitrogen and oxygen atoms in total. The van der Waals surface area contributed by atoms with E-state index in [1.54, 1.807) is 38.3 Å². The first-order valence-corrected chi connectivity index (χ1v) is 14.4. The monoisotopic (exact) mass is 627 g/mol. The minimum absolute atomic E-state index is 0.00196. The molecule has 1 amide bonds. The zero-order chi connectivity index (χ0) is 31.6. The van der Waals surface area contributed by atoms with E-state index in [4.69, 9.17) is 28.4 Å². The Morgan fingerprint density at radius 1 is 1.02 bits per heavy atom. The predicted molar refractivity (Wildman–Crippen MR) is 150 cm³/mol. The van der Waals surface area contributed by atoms with Crippen LogP contribution >= 0.6 is 0 Å². The number of carbonyl (C=O) groups is 1. The third kappa shape index (κ3) is 5.52. The SMILES string of the molecule is COc1ccc2c(c1)O[C@@H](c1ccc(OC[C@@H]3COC(C)(C)O3)nn1)C[C@H]2NC(=O)[C@@]1(C)COc2cc3c(cc21)OC(F)(F)O3. The van der Waals surface area contributed by atoms with Gasteiger partial charge in [-0.15, -0.1) is 19.0 Å². The molecule has 7 rings (SSSR count). The Morgan fingerprint density at radius 3 is 2.53 bits per heavy atom. The summed E-state index contributed by atoms with van der Waals surface area (Å²) < 4.78 is 71.1. The zero-order valence-corrected chi connectivity index (χ0v) is 24.9. The molecule has 0 radical (unpaired) electrons. The van der Waals surface area contributed by atoms with Gasteiger partial charge in [-0.2, -0.15) is 0 Å². The van der Waals surface area contributed by atoms with E-state index in [0.717, 1.165) is 5.56 Å². The van der Waals surface area contributed by atoms with Crippen LogP contribution in [0.1, 0.15) is 56.2 Å². The minimum Gasteiger partial charge on any atom is -0.497 e. The van der Waals surface area contributed by atoms with Crippen LogP contribution in [0, 0.1) is 0 Å². The zero-order valence-electron chi connectivity index (χ0n) is 24.9. The lowest BCUT2D eigenvalue weighted by Gasteiger charge is -2.34. The van der Waals surface area contributed by atoms with Gasteiger partial charge in [0.2, 0.25) is 11.8 Å². The number of nitrogens with zero attached hydrogens (tertiary/aromatic N) is 2. The molecule has 5 heterocycles. The molecule has 0 aliphatic carbocycles. The van der Waals surface area contributed by atoms with Crippen molar-refractivity contribution in [2.24, 2.45) is 0 Å². The molecule has 3 aromatic rings. The molecule has 0 spiro atoms. The number of methoxy groups -OCH3 is 1. The van der Waals surface area contributed by atoms with Crippen molar-refractivity contribution in [1.82, 2.24) is 15.5 Å². The second-order valence-electron chi connectivity index (χ2n) is 11.9. The topological polar surface area (TPSA) is 129 Å². The summed E-state index contributed by atoms with van der Waals surface area (Å²) >= 11 is 0. The van der Waals surface area contributed by atoms with Crippen LogP contribution in [-0.2, 0) is 19.7 Å². The van der Waals surface area contributed by atoms with Gasteiger partial charge in [-0.1, -0.05) is 0 Å². The van der Waals surface area contributed by atoms with Crippen molar-refractivity contribution in [3.05, 3.63) is 59.3 Å². The molecule has 1 saturated heterocycles. The van der Waals surface area contributed by atoms with Crippen LogP contribution in [0.25, 0.3) is 0 Å². The van der Waals surface area contributed by atoms with Gasteiger partial charge >= 0.3 is 6.29 Å². The van der Waals surface area contributed by atoms with Gasteiger partial charge < -0.3 is 43.2 Å². The molecule has 1 fully saturated rings. The van der Waals surface area contributed by atoms with E-state index in [2.05, 4.69) is 25.0 Å². The Balaban J connectivity index is 1.10. The van der Waals surface area contributed by atoms with E-state index < -0.39 is 29.6 Å². The molecule has 0 saturated carbocycles. The molecule has 0 bridgehead atoms. The summed E-state index contributed by atoms with van der Waals surface area (Å²) in [5, 5.41) is 11.7. The summed E-state index contributed by atoms with van der Waals surface area (Å²) in [4.78, 5) is 13.9. The van der Waals surface area contributed by atoms with Crippen LogP contribution < -0.4 is 33.7 Å². The molecular weight excluding hydrogens is 596 g/mol. The first-order chi connectivity index (χ1) is 21.4. The number of ether oxygens (including phenoxy) is 8. The molecule has 0 unspecified atom stereocenters. The molecule has 14 heteroatoms. The van der Waals surface area contributed by atoms with Crippen LogP contribution in [-0.4, -0.2) is 61.2 Å². The van der Waals surface area contributed by atoms with Gasteiger partial charge in [0.25, 0.3) is 0 Å². The van der Waals surface area contributed by atoms with Gasteiger partial charge in [-0.25, -0.2) is 0 Å². The van der Waals surface area contributed by atoms with E-state index in [9.17, 15) is 13.6 Å². The van der Waals surface area contributed by atoms with Crippen molar-refractivity contribution < 1.29 is 51.5 Å². The highest BCUT2D eigenvalue weighted by Gasteiger charge is 2.49. The summed E-state index contributed by atoms with van der Waals surface area (Å²) in [7, 11) is 1.55. The van der Waals surface area contributed by atoms with Gasteiger partial charge in [0.05, 0.1) is 19.8 Å². The maximum atomic E-state index is 13.9. The lowest BCUT2D eigenvalue weighted by atomic mass is 9.82.